The van der Waals surface area contributed by atoms with E-state index in [1.807, 2.05) is 49.2 Å². The minimum Gasteiger partial charge on any atom is -0.314 e. The van der Waals surface area contributed by atoms with Crippen LogP contribution in [-0.4, -0.2) is 17.0 Å². The molecule has 2 rings (SSSR count). The van der Waals surface area contributed by atoms with Gasteiger partial charge < -0.3 is 4.90 Å². The molecule has 0 aliphatic carbocycles. The number of anilines is 2. The summed E-state index contributed by atoms with van der Waals surface area (Å²) in [5.74, 6) is 1.77. The van der Waals surface area contributed by atoms with Crippen molar-refractivity contribution in [1.29, 1.82) is 0 Å². The molecule has 82 valence electrons. The van der Waals surface area contributed by atoms with Crippen LogP contribution in [0, 0.1) is 6.92 Å². The van der Waals surface area contributed by atoms with Gasteiger partial charge in [0.15, 0.2) is 0 Å². The van der Waals surface area contributed by atoms with E-state index in [4.69, 9.17) is 0 Å². The maximum Gasteiger partial charge on any atom is 0.134 e. The molecule has 2 aromatic heterocycles. The lowest BCUT2D eigenvalue weighted by molar-refractivity contribution is 1.05. The molecule has 4 heteroatoms. The van der Waals surface area contributed by atoms with Crippen LogP contribution in [0.1, 0.15) is 5.69 Å². The number of hydrogen-bond acceptors (Lipinski definition) is 3. The molecule has 0 spiro atoms. The number of hydrogen-bond donors (Lipinski definition) is 0. The molecule has 0 aliphatic rings. The average molecular weight is 278 g/mol. The third-order valence-corrected chi connectivity index (χ3v) is 3.18. The number of nitrogens with zero attached hydrogens (tertiary/aromatic N) is 3. The summed E-state index contributed by atoms with van der Waals surface area (Å²) in [6, 6.07) is 9.78. The minimum atomic E-state index is 0.886. The predicted octanol–water partition coefficient (Wildman–Crippen LogP) is 3.32. The molecule has 0 aliphatic heterocycles. The number of pyridine rings is 2. The van der Waals surface area contributed by atoms with Crippen molar-refractivity contribution >= 4 is 27.6 Å². The van der Waals surface area contributed by atoms with E-state index in [-0.39, 0.29) is 0 Å². The fourth-order valence-corrected chi connectivity index (χ4v) is 1.61. The lowest BCUT2D eigenvalue weighted by Crippen LogP contribution is -2.12. The molecule has 0 aromatic carbocycles. The molecule has 0 saturated carbocycles. The summed E-state index contributed by atoms with van der Waals surface area (Å²) in [6.07, 6.45) is 1.78. The standard InChI is InChI=1S/C12H12BrN3/c1-9-10(13)6-7-12(15-9)16(2)11-5-3-4-8-14-11/h3-8H,1-2H3. The summed E-state index contributed by atoms with van der Waals surface area (Å²) >= 11 is 3.44. The molecule has 16 heavy (non-hydrogen) atoms. The Balaban J connectivity index is 2.34. The lowest BCUT2D eigenvalue weighted by atomic mass is 10.3. The SMILES string of the molecule is Cc1nc(N(C)c2ccccn2)ccc1Br. The van der Waals surface area contributed by atoms with Gasteiger partial charge in [0.2, 0.25) is 0 Å². The molecular formula is C12H12BrN3. The molecule has 0 saturated heterocycles. The number of rotatable bonds is 2. The third kappa shape index (κ3) is 2.22. The first-order valence-electron chi connectivity index (χ1n) is 4.96. The van der Waals surface area contributed by atoms with Gasteiger partial charge in [-0.3, -0.25) is 0 Å². The topological polar surface area (TPSA) is 29.0 Å². The van der Waals surface area contributed by atoms with Gasteiger partial charge in [0.25, 0.3) is 0 Å². The Morgan fingerprint density at radius 1 is 1.12 bits per heavy atom. The van der Waals surface area contributed by atoms with Crippen molar-refractivity contribution in [2.45, 2.75) is 6.92 Å². The van der Waals surface area contributed by atoms with E-state index in [2.05, 4.69) is 25.9 Å². The highest BCUT2D eigenvalue weighted by molar-refractivity contribution is 9.10. The molecule has 2 aromatic rings. The largest absolute Gasteiger partial charge is 0.314 e. The predicted molar refractivity (Wildman–Crippen MR) is 69.0 cm³/mol. The third-order valence-electron chi connectivity index (χ3n) is 2.34. The van der Waals surface area contributed by atoms with Gasteiger partial charge in [-0.2, -0.15) is 0 Å². The number of halogens is 1. The van der Waals surface area contributed by atoms with Gasteiger partial charge in [-0.1, -0.05) is 6.07 Å². The highest BCUT2D eigenvalue weighted by Crippen LogP contribution is 2.22. The van der Waals surface area contributed by atoms with Crippen molar-refractivity contribution < 1.29 is 0 Å². The van der Waals surface area contributed by atoms with Gasteiger partial charge >= 0.3 is 0 Å². The lowest BCUT2D eigenvalue weighted by Gasteiger charge is -2.17. The van der Waals surface area contributed by atoms with Crippen LogP contribution in [0.2, 0.25) is 0 Å². The smallest absolute Gasteiger partial charge is 0.134 e. The maximum absolute atomic E-state index is 4.49. The summed E-state index contributed by atoms with van der Waals surface area (Å²) in [4.78, 5) is 10.7. The highest BCUT2D eigenvalue weighted by atomic mass is 79.9. The molecule has 0 bridgehead atoms. The zero-order chi connectivity index (χ0) is 11.5. The summed E-state index contributed by atoms with van der Waals surface area (Å²) in [5.41, 5.74) is 0.972. The van der Waals surface area contributed by atoms with E-state index < -0.39 is 0 Å². The monoisotopic (exact) mass is 277 g/mol. The van der Waals surface area contributed by atoms with Gasteiger partial charge in [0.1, 0.15) is 11.6 Å². The molecule has 3 nitrogen and oxygen atoms in total. The van der Waals surface area contributed by atoms with E-state index in [9.17, 15) is 0 Å². The highest BCUT2D eigenvalue weighted by Gasteiger charge is 2.06. The van der Waals surface area contributed by atoms with E-state index in [0.29, 0.717) is 0 Å². The maximum atomic E-state index is 4.49. The Bertz CT molecular complexity index is 485. The van der Waals surface area contributed by atoms with Gasteiger partial charge in [0, 0.05) is 17.7 Å². The van der Waals surface area contributed by atoms with E-state index in [1.165, 1.54) is 0 Å². The second kappa shape index (κ2) is 4.61. The fourth-order valence-electron chi connectivity index (χ4n) is 1.39. The van der Waals surface area contributed by atoms with Crippen molar-refractivity contribution in [3.63, 3.8) is 0 Å². The first kappa shape index (κ1) is 11.1. The molecule has 0 amide bonds. The minimum absolute atomic E-state index is 0.886. The second-order valence-corrected chi connectivity index (χ2v) is 4.34. The Hall–Kier alpha value is -1.42. The molecule has 0 N–H and O–H groups in total. The Morgan fingerprint density at radius 3 is 2.56 bits per heavy atom. The Kier molecular flexibility index (Phi) is 3.19. The van der Waals surface area contributed by atoms with E-state index in [0.717, 1.165) is 21.8 Å². The average Bonchev–Trinajstić information content (AvgIpc) is 2.33. The van der Waals surface area contributed by atoms with Crippen LogP contribution < -0.4 is 4.90 Å². The normalized spacial score (nSPS) is 10.2. The molecule has 0 fully saturated rings. The van der Waals surface area contributed by atoms with Crippen LogP contribution >= 0.6 is 15.9 Å². The summed E-state index contributed by atoms with van der Waals surface area (Å²) in [7, 11) is 1.96. The van der Waals surface area contributed by atoms with Gasteiger partial charge in [0.05, 0.1) is 5.69 Å². The Labute approximate surface area is 103 Å². The van der Waals surface area contributed by atoms with Crippen LogP contribution in [0.3, 0.4) is 0 Å². The number of aromatic nitrogens is 2. The van der Waals surface area contributed by atoms with Crippen molar-refractivity contribution in [2.24, 2.45) is 0 Å². The van der Waals surface area contributed by atoms with Crippen LogP contribution in [0.15, 0.2) is 41.0 Å². The first-order valence-corrected chi connectivity index (χ1v) is 5.75. The molecule has 0 radical (unpaired) electrons. The molecule has 2 heterocycles. The Morgan fingerprint density at radius 2 is 1.94 bits per heavy atom. The van der Waals surface area contributed by atoms with Crippen molar-refractivity contribution in [3.8, 4) is 0 Å². The van der Waals surface area contributed by atoms with Crippen molar-refractivity contribution in [1.82, 2.24) is 9.97 Å². The second-order valence-electron chi connectivity index (χ2n) is 3.48. The van der Waals surface area contributed by atoms with E-state index >= 15 is 0 Å². The molecule has 0 unspecified atom stereocenters. The van der Waals surface area contributed by atoms with Gasteiger partial charge in [-0.15, -0.1) is 0 Å². The van der Waals surface area contributed by atoms with Crippen LogP contribution in [0.4, 0.5) is 11.6 Å². The van der Waals surface area contributed by atoms with Crippen molar-refractivity contribution in [3.05, 3.63) is 46.7 Å². The van der Waals surface area contributed by atoms with Gasteiger partial charge in [-0.25, -0.2) is 9.97 Å². The van der Waals surface area contributed by atoms with Crippen LogP contribution in [0.5, 0.6) is 0 Å². The number of aryl methyl sites for hydroxylation is 1. The summed E-state index contributed by atoms with van der Waals surface area (Å²) < 4.78 is 1.02. The van der Waals surface area contributed by atoms with Crippen molar-refractivity contribution in [2.75, 3.05) is 11.9 Å². The first-order chi connectivity index (χ1) is 7.68. The zero-order valence-corrected chi connectivity index (χ0v) is 10.8. The summed E-state index contributed by atoms with van der Waals surface area (Å²) in [5, 5.41) is 0. The molecular weight excluding hydrogens is 266 g/mol. The van der Waals surface area contributed by atoms with E-state index in [1.54, 1.807) is 6.20 Å². The summed E-state index contributed by atoms with van der Waals surface area (Å²) in [6.45, 7) is 1.97. The zero-order valence-electron chi connectivity index (χ0n) is 9.18. The van der Waals surface area contributed by atoms with Crippen LogP contribution in [0.25, 0.3) is 0 Å². The quantitative estimate of drug-likeness (QED) is 0.843. The molecule has 0 atom stereocenters. The fraction of sp³-hybridized carbons (Fsp3) is 0.167. The van der Waals surface area contributed by atoms with Gasteiger partial charge in [-0.05, 0) is 47.1 Å². The van der Waals surface area contributed by atoms with Crippen LogP contribution in [-0.2, 0) is 0 Å².